The molecule has 0 unspecified atom stereocenters. The highest BCUT2D eigenvalue weighted by Crippen LogP contribution is 2.45. The number of aromatic nitrogens is 1. The van der Waals surface area contributed by atoms with Gasteiger partial charge in [-0.05, 0) is 48.1 Å². The average Bonchev–Trinajstić information content (AvgIpc) is 3.58. The van der Waals surface area contributed by atoms with Crippen molar-refractivity contribution in [2.45, 2.75) is 31.3 Å². The van der Waals surface area contributed by atoms with Gasteiger partial charge in [-0.2, -0.15) is 0 Å². The summed E-state index contributed by atoms with van der Waals surface area (Å²) in [5, 5.41) is 1.12. The molecular weight excluding hydrogens is 418 g/mol. The summed E-state index contributed by atoms with van der Waals surface area (Å²) < 4.78 is 11.6. The highest BCUT2D eigenvalue weighted by atomic mass is 16.6. The van der Waals surface area contributed by atoms with E-state index in [9.17, 15) is 9.59 Å². The quantitative estimate of drug-likeness (QED) is 0.675. The van der Waals surface area contributed by atoms with Gasteiger partial charge in [0.25, 0.3) is 0 Å². The number of nitrogens with zero attached hydrogens (tertiary/aromatic N) is 2. The Bertz CT molecular complexity index is 1290. The minimum atomic E-state index is -0.491. The van der Waals surface area contributed by atoms with E-state index in [4.69, 9.17) is 9.47 Å². The third-order valence-electron chi connectivity index (χ3n) is 7.40. The van der Waals surface area contributed by atoms with Crippen molar-refractivity contribution >= 4 is 22.7 Å². The molecule has 2 atom stereocenters. The molecule has 1 aliphatic carbocycles. The maximum Gasteiger partial charge on any atom is 0.246 e. The molecule has 4 heterocycles. The van der Waals surface area contributed by atoms with E-state index in [1.54, 1.807) is 4.90 Å². The first kappa shape index (κ1) is 19.0. The molecule has 0 bridgehead atoms. The van der Waals surface area contributed by atoms with Crippen molar-refractivity contribution in [3.63, 3.8) is 0 Å². The van der Waals surface area contributed by atoms with Gasteiger partial charge < -0.3 is 24.3 Å². The van der Waals surface area contributed by atoms with Gasteiger partial charge in [-0.3, -0.25) is 9.59 Å². The lowest BCUT2D eigenvalue weighted by atomic mass is 9.86. The molecule has 168 valence electrons. The number of piperazine rings is 1. The van der Waals surface area contributed by atoms with Crippen molar-refractivity contribution in [3.8, 4) is 11.5 Å². The standard InChI is InChI=1S/C26H25N3O4/c30-23-14-28(13-15-5-6-15)26(31)20-12-18-17-3-1-2-4-19(17)27-24(18)25(29(20)23)16-7-8-21-22(11-16)33-10-9-32-21/h1-4,7-8,11,15,20,25,27H,5-6,9-10,12-14H2/t20-,25+/m1/s1. The molecule has 1 saturated carbocycles. The van der Waals surface area contributed by atoms with E-state index in [1.165, 1.54) is 0 Å². The van der Waals surface area contributed by atoms with Gasteiger partial charge in [-0.1, -0.05) is 24.3 Å². The van der Waals surface area contributed by atoms with Crippen molar-refractivity contribution in [1.29, 1.82) is 0 Å². The topological polar surface area (TPSA) is 74.9 Å². The number of nitrogens with one attached hydrogen (secondary N) is 1. The van der Waals surface area contributed by atoms with Gasteiger partial charge in [0.05, 0.1) is 12.6 Å². The number of ether oxygens (including phenoxy) is 2. The maximum atomic E-state index is 13.6. The first-order valence-corrected chi connectivity index (χ1v) is 11.8. The van der Waals surface area contributed by atoms with Crippen LogP contribution in [0.15, 0.2) is 42.5 Å². The molecule has 0 radical (unpaired) electrons. The van der Waals surface area contributed by atoms with Gasteiger partial charge in [0, 0.05) is 29.6 Å². The molecule has 2 fully saturated rings. The molecule has 1 N–H and O–H groups in total. The van der Waals surface area contributed by atoms with E-state index in [1.807, 2.05) is 35.2 Å². The van der Waals surface area contributed by atoms with Crippen molar-refractivity contribution in [2.24, 2.45) is 5.92 Å². The summed E-state index contributed by atoms with van der Waals surface area (Å²) in [6.45, 7) is 1.88. The molecule has 3 aromatic rings. The number of fused-ring (bicyclic) bond motifs is 5. The van der Waals surface area contributed by atoms with Gasteiger partial charge in [0.15, 0.2) is 11.5 Å². The van der Waals surface area contributed by atoms with E-state index < -0.39 is 6.04 Å². The SMILES string of the molecule is O=C1[C@H]2Cc3c([nH]c4ccccc34)[C@H](c3ccc4c(c3)OCCO4)N2C(=O)CN1CC1CC1. The van der Waals surface area contributed by atoms with E-state index in [0.29, 0.717) is 43.6 Å². The normalized spacial score (nSPS) is 24.1. The van der Waals surface area contributed by atoms with Crippen molar-refractivity contribution in [1.82, 2.24) is 14.8 Å². The molecule has 2 amide bonds. The lowest BCUT2D eigenvalue weighted by Gasteiger charge is -2.47. The first-order chi connectivity index (χ1) is 16.2. The van der Waals surface area contributed by atoms with E-state index in [2.05, 4.69) is 17.1 Å². The van der Waals surface area contributed by atoms with Crippen molar-refractivity contribution < 1.29 is 19.1 Å². The molecular formula is C26H25N3O4. The van der Waals surface area contributed by atoms with Crippen LogP contribution in [0.2, 0.25) is 0 Å². The number of hydrogen-bond acceptors (Lipinski definition) is 4. The molecule has 4 aliphatic rings. The highest BCUT2D eigenvalue weighted by molar-refractivity contribution is 5.97. The third-order valence-corrected chi connectivity index (χ3v) is 7.40. The van der Waals surface area contributed by atoms with Crippen molar-refractivity contribution in [3.05, 3.63) is 59.3 Å². The van der Waals surface area contributed by atoms with Gasteiger partial charge in [-0.15, -0.1) is 0 Å². The third kappa shape index (κ3) is 2.95. The summed E-state index contributed by atoms with van der Waals surface area (Å²) in [6.07, 6.45) is 2.84. The Morgan fingerprint density at radius 3 is 2.67 bits per heavy atom. The van der Waals surface area contributed by atoms with Crippen LogP contribution in [0.3, 0.4) is 0 Å². The van der Waals surface area contributed by atoms with Crippen LogP contribution in [-0.2, 0) is 16.0 Å². The van der Waals surface area contributed by atoms with Crippen molar-refractivity contribution in [2.75, 3.05) is 26.3 Å². The largest absolute Gasteiger partial charge is 0.486 e. The number of amides is 2. The fraction of sp³-hybridized carbons (Fsp3) is 0.385. The molecule has 1 saturated heterocycles. The fourth-order valence-electron chi connectivity index (χ4n) is 5.67. The maximum absolute atomic E-state index is 13.6. The zero-order valence-electron chi connectivity index (χ0n) is 18.3. The van der Waals surface area contributed by atoms with Crippen LogP contribution in [0.25, 0.3) is 10.9 Å². The zero-order valence-corrected chi connectivity index (χ0v) is 18.3. The summed E-state index contributed by atoms with van der Waals surface area (Å²) in [4.78, 5) is 34.4. The second-order valence-corrected chi connectivity index (χ2v) is 9.55. The van der Waals surface area contributed by atoms with Gasteiger partial charge in [0.2, 0.25) is 11.8 Å². The summed E-state index contributed by atoms with van der Waals surface area (Å²) >= 11 is 0. The predicted octanol–water partition coefficient (Wildman–Crippen LogP) is 3.03. The summed E-state index contributed by atoms with van der Waals surface area (Å²) in [5.74, 6) is 2.02. The first-order valence-electron chi connectivity index (χ1n) is 11.8. The van der Waals surface area contributed by atoms with E-state index >= 15 is 0 Å². The lowest BCUT2D eigenvalue weighted by molar-refractivity contribution is -0.158. The summed E-state index contributed by atoms with van der Waals surface area (Å²) in [7, 11) is 0. The number of hydrogen-bond donors (Lipinski definition) is 1. The van der Waals surface area contributed by atoms with Crippen LogP contribution in [0.1, 0.15) is 35.7 Å². The van der Waals surface area contributed by atoms with E-state index in [0.717, 1.165) is 40.6 Å². The molecule has 7 heteroatoms. The average molecular weight is 444 g/mol. The Morgan fingerprint density at radius 2 is 1.82 bits per heavy atom. The number of H-pyrrole nitrogens is 1. The Hall–Kier alpha value is -3.48. The Morgan fingerprint density at radius 1 is 1.00 bits per heavy atom. The lowest BCUT2D eigenvalue weighted by Crippen LogP contribution is -2.63. The van der Waals surface area contributed by atoms with Crippen LogP contribution >= 0.6 is 0 Å². The fourth-order valence-corrected chi connectivity index (χ4v) is 5.67. The minimum Gasteiger partial charge on any atom is -0.486 e. The molecule has 7 rings (SSSR count). The monoisotopic (exact) mass is 443 g/mol. The summed E-state index contributed by atoms with van der Waals surface area (Å²) in [5.41, 5.74) is 4.07. The molecule has 33 heavy (non-hydrogen) atoms. The minimum absolute atomic E-state index is 0.00412. The van der Waals surface area contributed by atoms with Crippen LogP contribution in [0.5, 0.6) is 11.5 Å². The molecule has 1 aromatic heterocycles. The number of para-hydroxylation sites is 1. The van der Waals surface area contributed by atoms with E-state index in [-0.39, 0.29) is 24.4 Å². The number of carbonyl (C=O) groups excluding carboxylic acids is 2. The number of benzene rings is 2. The number of rotatable bonds is 3. The number of carbonyl (C=O) groups is 2. The Labute approximate surface area is 191 Å². The summed E-state index contributed by atoms with van der Waals surface area (Å²) in [6, 6.07) is 13.2. The van der Waals surface area contributed by atoms with Crippen LogP contribution in [0.4, 0.5) is 0 Å². The van der Waals surface area contributed by atoms with Gasteiger partial charge >= 0.3 is 0 Å². The zero-order chi connectivity index (χ0) is 22.1. The van der Waals surface area contributed by atoms with Crippen LogP contribution < -0.4 is 9.47 Å². The highest BCUT2D eigenvalue weighted by Gasteiger charge is 2.49. The number of aromatic amines is 1. The van der Waals surface area contributed by atoms with Gasteiger partial charge in [-0.25, -0.2) is 0 Å². The molecule has 0 spiro atoms. The Balaban J connectivity index is 1.38. The molecule has 3 aliphatic heterocycles. The Kier molecular flexibility index (Phi) is 4.04. The van der Waals surface area contributed by atoms with Gasteiger partial charge in [0.1, 0.15) is 19.3 Å². The predicted molar refractivity (Wildman–Crippen MR) is 121 cm³/mol. The molecule has 7 nitrogen and oxygen atoms in total. The second-order valence-electron chi connectivity index (χ2n) is 9.55. The molecule has 2 aromatic carbocycles. The second kappa shape index (κ2) is 7.01. The van der Waals surface area contributed by atoms with Crippen LogP contribution in [0, 0.1) is 5.92 Å². The van der Waals surface area contributed by atoms with Crippen LogP contribution in [-0.4, -0.2) is 58.9 Å². The smallest absolute Gasteiger partial charge is 0.246 e.